The summed E-state index contributed by atoms with van der Waals surface area (Å²) in [5.74, 6) is -0.460. The summed E-state index contributed by atoms with van der Waals surface area (Å²) in [4.78, 5) is 27.3. The number of benzene rings is 6. The molecule has 0 radical (unpaired) electrons. The summed E-state index contributed by atoms with van der Waals surface area (Å²) in [6.45, 7) is -0.0366. The van der Waals surface area contributed by atoms with Crippen LogP contribution in [0.15, 0.2) is 155 Å². The third kappa shape index (κ3) is 8.92. The Labute approximate surface area is 308 Å². The molecule has 0 saturated carbocycles. The molecule has 0 unspecified atom stereocenters. The molecule has 9 nitrogen and oxygen atoms in total. The van der Waals surface area contributed by atoms with Gasteiger partial charge in [-0.1, -0.05) is 121 Å². The summed E-state index contributed by atoms with van der Waals surface area (Å²) in [6.07, 6.45) is 0.471. The largest absolute Gasteiger partial charge is 0.456 e. The molecular weight excluding hydrogens is 687 g/mol. The summed E-state index contributed by atoms with van der Waals surface area (Å²) in [5, 5.41) is 9.39. The molecule has 268 valence electrons. The fraction of sp³-hybridized carbons (Fsp3) is 0.163. The van der Waals surface area contributed by atoms with Crippen molar-refractivity contribution in [2.24, 2.45) is 0 Å². The van der Waals surface area contributed by atoms with Crippen LogP contribution >= 0.6 is 0 Å². The predicted octanol–water partition coefficient (Wildman–Crippen LogP) is 7.67. The molecule has 0 fully saturated rings. The molecule has 0 saturated heterocycles. The molecule has 53 heavy (non-hydrogen) atoms. The van der Waals surface area contributed by atoms with Gasteiger partial charge < -0.3 is 19.8 Å². The van der Waals surface area contributed by atoms with Gasteiger partial charge in [0.15, 0.2) is 0 Å². The van der Waals surface area contributed by atoms with Crippen molar-refractivity contribution in [3.05, 3.63) is 162 Å². The Morgan fingerprint density at radius 2 is 1.32 bits per heavy atom. The first-order valence-corrected chi connectivity index (χ1v) is 19.0. The predicted molar refractivity (Wildman–Crippen MR) is 207 cm³/mol. The molecular formula is C43H39N3O6S. The summed E-state index contributed by atoms with van der Waals surface area (Å²) in [7, 11) is -3.99. The second-order valence-electron chi connectivity index (χ2n) is 13.0. The van der Waals surface area contributed by atoms with Gasteiger partial charge in [-0.3, -0.25) is 4.79 Å². The molecule has 0 aliphatic carbocycles. The zero-order valence-electron chi connectivity index (χ0n) is 28.9. The van der Waals surface area contributed by atoms with E-state index in [0.29, 0.717) is 29.4 Å². The van der Waals surface area contributed by atoms with Gasteiger partial charge in [0.1, 0.15) is 23.8 Å². The van der Waals surface area contributed by atoms with Crippen molar-refractivity contribution < 1.29 is 27.2 Å². The molecule has 1 aromatic heterocycles. The molecule has 1 heterocycles. The molecule has 2 amide bonds. The molecule has 7 aromatic rings. The van der Waals surface area contributed by atoms with E-state index >= 15 is 0 Å². The van der Waals surface area contributed by atoms with Crippen molar-refractivity contribution in [2.45, 2.75) is 42.8 Å². The van der Waals surface area contributed by atoms with E-state index in [4.69, 9.17) is 9.15 Å². The first kappa shape index (κ1) is 35.4. The maximum Gasteiger partial charge on any atom is 0.408 e. The topological polar surface area (TPSA) is 127 Å². The summed E-state index contributed by atoms with van der Waals surface area (Å²) >= 11 is 0. The minimum absolute atomic E-state index is 0.0405. The number of carbonyl (C=O) groups is 2. The zero-order valence-corrected chi connectivity index (χ0v) is 29.7. The number of hydrogen-bond donors (Lipinski definition) is 3. The van der Waals surface area contributed by atoms with E-state index in [-0.39, 0.29) is 24.5 Å². The van der Waals surface area contributed by atoms with Crippen LogP contribution in [-0.4, -0.2) is 39.0 Å². The normalized spacial score (nSPS) is 12.8. The number of para-hydroxylation sites is 1. The van der Waals surface area contributed by atoms with Gasteiger partial charge in [-0.25, -0.2) is 17.9 Å². The van der Waals surface area contributed by atoms with E-state index in [1.807, 2.05) is 127 Å². The van der Waals surface area contributed by atoms with Crippen molar-refractivity contribution in [1.82, 2.24) is 15.4 Å². The maximum absolute atomic E-state index is 14.1. The van der Waals surface area contributed by atoms with E-state index in [1.165, 1.54) is 6.07 Å². The molecule has 0 aliphatic heterocycles. The van der Waals surface area contributed by atoms with E-state index in [2.05, 4.69) is 15.4 Å². The van der Waals surface area contributed by atoms with Gasteiger partial charge in [-0.2, -0.15) is 0 Å². The number of carbonyl (C=O) groups excluding carboxylic acids is 2. The highest BCUT2D eigenvalue weighted by Crippen LogP contribution is 2.30. The minimum atomic E-state index is -3.99. The van der Waals surface area contributed by atoms with Gasteiger partial charge in [0.05, 0.1) is 4.90 Å². The molecule has 7 rings (SSSR count). The number of ether oxygens (including phenoxy) is 1. The third-order valence-electron chi connectivity index (χ3n) is 9.22. The third-order valence-corrected chi connectivity index (χ3v) is 10.6. The van der Waals surface area contributed by atoms with Crippen LogP contribution in [-0.2, 0) is 39.0 Å². The average molecular weight is 726 g/mol. The second kappa shape index (κ2) is 16.1. The molecule has 0 aliphatic rings. The summed E-state index contributed by atoms with van der Waals surface area (Å²) < 4.78 is 41.5. The lowest BCUT2D eigenvalue weighted by Gasteiger charge is -2.24. The highest BCUT2D eigenvalue weighted by Gasteiger charge is 2.26. The molecule has 2 atom stereocenters. The molecule has 0 bridgehead atoms. The zero-order chi connectivity index (χ0) is 36.6. The lowest BCUT2D eigenvalue weighted by Crippen LogP contribution is -2.53. The highest BCUT2D eigenvalue weighted by atomic mass is 32.2. The monoisotopic (exact) mass is 725 g/mol. The van der Waals surface area contributed by atoms with Crippen LogP contribution < -0.4 is 15.4 Å². The van der Waals surface area contributed by atoms with E-state index in [0.717, 1.165) is 32.8 Å². The number of sulfonamides is 1. The lowest BCUT2D eigenvalue weighted by molar-refractivity contribution is -0.123. The van der Waals surface area contributed by atoms with Crippen LogP contribution in [0.4, 0.5) is 4.79 Å². The Bertz CT molecular complexity index is 2470. The first-order valence-electron chi connectivity index (χ1n) is 17.5. The van der Waals surface area contributed by atoms with Crippen LogP contribution in [0.1, 0.15) is 23.1 Å². The number of rotatable bonds is 14. The Balaban J connectivity index is 1.10. The quantitative estimate of drug-likeness (QED) is 0.106. The van der Waals surface area contributed by atoms with Gasteiger partial charge in [0.25, 0.3) is 0 Å². The second-order valence-corrected chi connectivity index (χ2v) is 14.7. The van der Waals surface area contributed by atoms with Crippen LogP contribution in [0.5, 0.6) is 0 Å². The number of fused-ring (bicyclic) bond motifs is 4. The number of nitrogens with one attached hydrogen (secondary N) is 3. The van der Waals surface area contributed by atoms with E-state index in [1.54, 1.807) is 12.1 Å². The van der Waals surface area contributed by atoms with E-state index < -0.39 is 34.1 Å². The molecule has 6 aromatic carbocycles. The Kier molecular flexibility index (Phi) is 10.8. The fourth-order valence-electron chi connectivity index (χ4n) is 6.40. The molecule has 10 heteroatoms. The average Bonchev–Trinajstić information content (AvgIpc) is 3.57. The molecule has 3 N–H and O–H groups in total. The minimum Gasteiger partial charge on any atom is -0.456 e. The number of furan rings is 1. The lowest BCUT2D eigenvalue weighted by atomic mass is 10.0. The molecule has 0 spiro atoms. The van der Waals surface area contributed by atoms with Gasteiger partial charge in [-0.15, -0.1) is 0 Å². The summed E-state index contributed by atoms with van der Waals surface area (Å²) in [5.41, 5.74) is 3.96. The van der Waals surface area contributed by atoms with Crippen molar-refractivity contribution in [3.63, 3.8) is 0 Å². The SMILES string of the molecule is O=C(N[C@@H](Cc1ccc2ccccc2c1)C(=O)N[C@@H](CCc1ccccc1)CNS(=O)(=O)c1ccc2oc3ccccc3c2c1)OCc1ccccc1. The van der Waals surface area contributed by atoms with Crippen molar-refractivity contribution in [1.29, 1.82) is 0 Å². The van der Waals surface area contributed by atoms with Crippen molar-refractivity contribution >= 4 is 54.7 Å². The van der Waals surface area contributed by atoms with Crippen LogP contribution in [0.3, 0.4) is 0 Å². The standard InChI is InChI=1S/C43H39N3O6S/c47-42(39(46-43(48)51-29-31-13-5-2-6-14-31)26-32-19-21-33-15-7-8-16-34(33)25-32)45-35(22-20-30-11-3-1-4-12-30)28-44-53(49,50)36-23-24-41-38(27-36)37-17-9-10-18-40(37)52-41/h1-19,21,23-25,27,35,39,44H,20,22,26,28-29H2,(H,45,47)(H,46,48)/t35-,39-/m0/s1. The smallest absolute Gasteiger partial charge is 0.408 e. The van der Waals surface area contributed by atoms with Gasteiger partial charge >= 0.3 is 6.09 Å². The van der Waals surface area contributed by atoms with Crippen molar-refractivity contribution in [2.75, 3.05) is 6.54 Å². The number of aryl methyl sites for hydroxylation is 1. The summed E-state index contributed by atoms with van der Waals surface area (Å²) in [6, 6.07) is 43.5. The maximum atomic E-state index is 14.1. The fourth-order valence-corrected chi connectivity index (χ4v) is 7.50. The van der Waals surface area contributed by atoms with Crippen LogP contribution in [0.25, 0.3) is 32.7 Å². The number of alkyl carbamates (subject to hydrolysis) is 1. The first-order chi connectivity index (χ1) is 25.8. The van der Waals surface area contributed by atoms with Crippen LogP contribution in [0.2, 0.25) is 0 Å². The number of hydrogen-bond acceptors (Lipinski definition) is 6. The highest BCUT2D eigenvalue weighted by molar-refractivity contribution is 7.89. The van der Waals surface area contributed by atoms with Crippen LogP contribution in [0, 0.1) is 0 Å². The Morgan fingerprint density at radius 3 is 2.11 bits per heavy atom. The Hall–Kier alpha value is -5.97. The van der Waals surface area contributed by atoms with E-state index in [9.17, 15) is 18.0 Å². The van der Waals surface area contributed by atoms with Gasteiger partial charge in [0.2, 0.25) is 15.9 Å². The van der Waals surface area contributed by atoms with Crippen molar-refractivity contribution in [3.8, 4) is 0 Å². The van der Waals surface area contributed by atoms with Gasteiger partial charge in [0, 0.05) is 29.8 Å². The van der Waals surface area contributed by atoms with Gasteiger partial charge in [-0.05, 0) is 64.6 Å². The Morgan fingerprint density at radius 1 is 0.642 bits per heavy atom. The number of amides is 2.